The molecule has 0 unspecified atom stereocenters. The van der Waals surface area contributed by atoms with Gasteiger partial charge in [-0.25, -0.2) is 9.97 Å². The van der Waals surface area contributed by atoms with E-state index >= 15 is 0 Å². The second kappa shape index (κ2) is 4.28. The van der Waals surface area contributed by atoms with Crippen LogP contribution in [0, 0.1) is 0 Å². The molecule has 0 aromatic carbocycles. The number of alkyl halides is 3. The molecule has 8 heteroatoms. The summed E-state index contributed by atoms with van der Waals surface area (Å²) in [5, 5.41) is 1.04. The molecule has 0 radical (unpaired) electrons. The van der Waals surface area contributed by atoms with Crippen molar-refractivity contribution in [1.82, 2.24) is 15.0 Å². The first-order valence-electron chi connectivity index (χ1n) is 4.41. The van der Waals surface area contributed by atoms with Gasteiger partial charge in [-0.3, -0.25) is 0 Å². The fourth-order valence-electron chi connectivity index (χ4n) is 1.07. The number of nitrogens with zero attached hydrogens (tertiary/aromatic N) is 3. The first-order chi connectivity index (χ1) is 8.00. The molecular weight excluding hydrogens is 255 g/mol. The molecule has 2 rings (SSSR count). The minimum atomic E-state index is -4.45. The van der Waals surface area contributed by atoms with Gasteiger partial charge < -0.3 is 4.74 Å². The Labute approximate surface area is 98.1 Å². The molecule has 0 aliphatic heterocycles. The van der Waals surface area contributed by atoms with E-state index in [4.69, 9.17) is 4.74 Å². The maximum absolute atomic E-state index is 12.3. The third kappa shape index (κ3) is 2.52. The summed E-state index contributed by atoms with van der Waals surface area (Å²) in [6.07, 6.45) is -3.05. The number of halogens is 3. The fourth-order valence-corrected chi connectivity index (χ4v) is 1.83. The highest BCUT2D eigenvalue weighted by Crippen LogP contribution is 2.32. The van der Waals surface area contributed by atoms with Gasteiger partial charge in [-0.15, -0.1) is 11.3 Å². The van der Waals surface area contributed by atoms with Crippen LogP contribution in [-0.4, -0.2) is 22.1 Å². The lowest BCUT2D eigenvalue weighted by Crippen LogP contribution is -2.05. The molecule has 0 aliphatic carbocycles. The van der Waals surface area contributed by atoms with Crippen LogP contribution in [-0.2, 0) is 6.18 Å². The summed E-state index contributed by atoms with van der Waals surface area (Å²) in [5.74, 6) is 0.392. The Morgan fingerprint density at radius 3 is 2.65 bits per heavy atom. The van der Waals surface area contributed by atoms with Crippen LogP contribution in [0.5, 0.6) is 5.88 Å². The lowest BCUT2D eigenvalue weighted by molar-refractivity contribution is -0.140. The van der Waals surface area contributed by atoms with Crippen molar-refractivity contribution >= 4 is 11.3 Å². The Morgan fingerprint density at radius 2 is 2.06 bits per heavy atom. The predicted molar refractivity (Wildman–Crippen MR) is 54.7 cm³/mol. The number of methoxy groups -OCH3 is 1. The monoisotopic (exact) mass is 261 g/mol. The minimum absolute atomic E-state index is 0.108. The number of ether oxygens (including phenoxy) is 1. The Morgan fingerprint density at radius 1 is 1.29 bits per heavy atom. The third-order valence-electron chi connectivity index (χ3n) is 1.83. The van der Waals surface area contributed by atoms with Crippen molar-refractivity contribution in [3.63, 3.8) is 0 Å². The molecule has 0 bridgehead atoms. The van der Waals surface area contributed by atoms with E-state index < -0.39 is 11.9 Å². The fraction of sp³-hybridized carbons (Fsp3) is 0.222. The van der Waals surface area contributed by atoms with Crippen LogP contribution in [0.15, 0.2) is 17.6 Å². The second-order valence-electron chi connectivity index (χ2n) is 2.96. The Hall–Kier alpha value is -1.70. The summed E-state index contributed by atoms with van der Waals surface area (Å²) in [6.45, 7) is 0. The van der Waals surface area contributed by atoms with Gasteiger partial charge in [0.1, 0.15) is 0 Å². The largest absolute Gasteiger partial charge is 0.481 e. The standard InChI is InChI=1S/C9H6F3N3OS/c1-16-6-2-3-13-7(15-6)8-14-5(4-17-8)9(10,11)12/h2-4H,1H3. The van der Waals surface area contributed by atoms with Gasteiger partial charge in [-0.05, 0) is 0 Å². The highest BCUT2D eigenvalue weighted by molar-refractivity contribution is 7.13. The number of thiazole rings is 1. The SMILES string of the molecule is COc1ccnc(-c2nc(C(F)(F)F)cs2)n1. The molecule has 17 heavy (non-hydrogen) atoms. The van der Waals surface area contributed by atoms with Gasteiger partial charge in [0.05, 0.1) is 7.11 Å². The van der Waals surface area contributed by atoms with Gasteiger partial charge in [0.25, 0.3) is 0 Å². The third-order valence-corrected chi connectivity index (χ3v) is 2.66. The molecule has 0 aliphatic rings. The van der Waals surface area contributed by atoms with E-state index in [2.05, 4.69) is 15.0 Å². The van der Waals surface area contributed by atoms with Gasteiger partial charge in [-0.2, -0.15) is 18.2 Å². The zero-order chi connectivity index (χ0) is 12.5. The van der Waals surface area contributed by atoms with Crippen molar-refractivity contribution in [2.24, 2.45) is 0 Å². The predicted octanol–water partition coefficient (Wildman–Crippen LogP) is 2.63. The number of hydrogen-bond acceptors (Lipinski definition) is 5. The Kier molecular flexibility index (Phi) is 2.97. The van der Waals surface area contributed by atoms with Crippen LogP contribution in [0.4, 0.5) is 13.2 Å². The average Bonchev–Trinajstić information content (AvgIpc) is 2.78. The smallest absolute Gasteiger partial charge is 0.434 e. The lowest BCUT2D eigenvalue weighted by Gasteiger charge is -2.00. The first kappa shape index (κ1) is 11.8. The van der Waals surface area contributed by atoms with Crippen molar-refractivity contribution in [3.8, 4) is 16.7 Å². The zero-order valence-corrected chi connectivity index (χ0v) is 9.34. The zero-order valence-electron chi connectivity index (χ0n) is 8.52. The van der Waals surface area contributed by atoms with E-state index in [1.165, 1.54) is 19.4 Å². The summed E-state index contributed by atoms with van der Waals surface area (Å²) >= 11 is 0.837. The highest BCUT2D eigenvalue weighted by Gasteiger charge is 2.34. The van der Waals surface area contributed by atoms with Crippen molar-refractivity contribution in [2.45, 2.75) is 6.18 Å². The van der Waals surface area contributed by atoms with Crippen molar-refractivity contribution in [3.05, 3.63) is 23.3 Å². The van der Waals surface area contributed by atoms with Crippen molar-refractivity contribution in [2.75, 3.05) is 7.11 Å². The van der Waals surface area contributed by atoms with Gasteiger partial charge in [-0.1, -0.05) is 0 Å². The van der Waals surface area contributed by atoms with Crippen LogP contribution in [0.1, 0.15) is 5.69 Å². The second-order valence-corrected chi connectivity index (χ2v) is 3.82. The van der Waals surface area contributed by atoms with E-state index in [0.717, 1.165) is 16.7 Å². The Bertz CT molecular complexity index is 526. The first-order valence-corrected chi connectivity index (χ1v) is 5.29. The molecule has 2 aromatic rings. The molecule has 0 amide bonds. The molecule has 0 fully saturated rings. The molecule has 2 aromatic heterocycles. The van der Waals surface area contributed by atoms with E-state index in [1.54, 1.807) is 0 Å². The number of aromatic nitrogens is 3. The number of hydrogen-bond donors (Lipinski definition) is 0. The number of rotatable bonds is 2. The summed E-state index contributed by atoms with van der Waals surface area (Å²) in [7, 11) is 1.41. The molecule has 0 saturated heterocycles. The van der Waals surface area contributed by atoms with Crippen LogP contribution < -0.4 is 4.74 Å². The van der Waals surface area contributed by atoms with Crippen molar-refractivity contribution in [1.29, 1.82) is 0 Å². The maximum Gasteiger partial charge on any atom is 0.434 e. The van der Waals surface area contributed by atoms with Crippen LogP contribution in [0.25, 0.3) is 10.8 Å². The molecule has 0 spiro atoms. The van der Waals surface area contributed by atoms with E-state index in [0.29, 0.717) is 0 Å². The van der Waals surface area contributed by atoms with E-state index in [-0.39, 0.29) is 16.7 Å². The molecule has 2 heterocycles. The van der Waals surface area contributed by atoms with E-state index in [9.17, 15) is 13.2 Å². The topological polar surface area (TPSA) is 47.9 Å². The molecule has 90 valence electrons. The van der Waals surface area contributed by atoms with Crippen molar-refractivity contribution < 1.29 is 17.9 Å². The average molecular weight is 261 g/mol. The summed E-state index contributed by atoms with van der Waals surface area (Å²) in [4.78, 5) is 11.2. The molecule has 0 atom stereocenters. The summed E-state index contributed by atoms with van der Waals surface area (Å²) < 4.78 is 41.9. The normalized spacial score (nSPS) is 11.5. The van der Waals surface area contributed by atoms with Crippen LogP contribution in [0.2, 0.25) is 0 Å². The van der Waals surface area contributed by atoms with Gasteiger partial charge >= 0.3 is 6.18 Å². The molecular formula is C9H6F3N3OS. The minimum Gasteiger partial charge on any atom is -0.481 e. The molecule has 4 nitrogen and oxygen atoms in total. The summed E-state index contributed by atoms with van der Waals surface area (Å²) in [6, 6.07) is 1.50. The van der Waals surface area contributed by atoms with Crippen LogP contribution in [0.3, 0.4) is 0 Å². The van der Waals surface area contributed by atoms with Crippen LogP contribution >= 0.6 is 11.3 Å². The maximum atomic E-state index is 12.3. The highest BCUT2D eigenvalue weighted by atomic mass is 32.1. The summed E-state index contributed by atoms with van der Waals surface area (Å²) in [5.41, 5.74) is -0.941. The quantitative estimate of drug-likeness (QED) is 0.833. The molecule has 0 saturated carbocycles. The van der Waals surface area contributed by atoms with Gasteiger partial charge in [0, 0.05) is 17.6 Å². The Balaban J connectivity index is 2.37. The van der Waals surface area contributed by atoms with Gasteiger partial charge in [0.15, 0.2) is 16.5 Å². The van der Waals surface area contributed by atoms with E-state index in [1.807, 2.05) is 0 Å². The molecule has 0 N–H and O–H groups in total. The van der Waals surface area contributed by atoms with Gasteiger partial charge in [0.2, 0.25) is 5.88 Å². The lowest BCUT2D eigenvalue weighted by atomic mass is 10.5.